The van der Waals surface area contributed by atoms with Crippen LogP contribution in [0.15, 0.2) is 30.3 Å². The Kier molecular flexibility index (Phi) is 6.03. The second-order valence-corrected chi connectivity index (χ2v) is 5.44. The lowest BCUT2D eigenvalue weighted by atomic mass is 9.84. The molecule has 0 unspecified atom stereocenters. The first-order chi connectivity index (χ1) is 9.39. The van der Waals surface area contributed by atoms with Gasteiger partial charge in [-0.25, -0.2) is 4.79 Å². The fraction of sp³-hybridized carbons (Fsp3) is 0.467. The standard InChI is InChI=1S/C15H21NO4/c1-15(2,9-8-13(17)18)10-11-16-14(19)20-12-6-4-3-5-7-12/h3-7H,8-11H2,1-2H3,(H,16,19)(H,17,18). The molecule has 1 amide bonds. The number of carboxylic acid groups (broad SMARTS) is 1. The van der Waals surface area contributed by atoms with E-state index >= 15 is 0 Å². The van der Waals surface area contributed by atoms with Crippen molar-refractivity contribution in [2.24, 2.45) is 5.41 Å². The van der Waals surface area contributed by atoms with Gasteiger partial charge >= 0.3 is 12.1 Å². The van der Waals surface area contributed by atoms with Gasteiger partial charge in [-0.15, -0.1) is 0 Å². The average Bonchev–Trinajstić information content (AvgIpc) is 2.37. The van der Waals surface area contributed by atoms with Crippen LogP contribution in [0, 0.1) is 5.41 Å². The molecule has 0 spiro atoms. The molecule has 1 aromatic rings. The summed E-state index contributed by atoms with van der Waals surface area (Å²) in [5.41, 5.74) is -0.127. The molecular weight excluding hydrogens is 258 g/mol. The molecule has 0 fully saturated rings. The van der Waals surface area contributed by atoms with Crippen molar-refractivity contribution in [1.82, 2.24) is 5.32 Å². The van der Waals surface area contributed by atoms with Crippen LogP contribution >= 0.6 is 0 Å². The topological polar surface area (TPSA) is 75.6 Å². The summed E-state index contributed by atoms with van der Waals surface area (Å²) in [6, 6.07) is 8.83. The predicted octanol–water partition coefficient (Wildman–Crippen LogP) is 3.06. The van der Waals surface area contributed by atoms with Gasteiger partial charge in [-0.3, -0.25) is 4.79 Å². The fourth-order valence-corrected chi connectivity index (χ4v) is 1.70. The maximum absolute atomic E-state index is 11.5. The van der Waals surface area contributed by atoms with E-state index < -0.39 is 12.1 Å². The average molecular weight is 279 g/mol. The Labute approximate surface area is 118 Å². The number of para-hydroxylation sites is 1. The second kappa shape index (κ2) is 7.53. The van der Waals surface area contributed by atoms with E-state index in [1.165, 1.54) is 0 Å². The molecule has 5 nitrogen and oxygen atoms in total. The molecular formula is C15H21NO4. The highest BCUT2D eigenvalue weighted by atomic mass is 16.6. The first-order valence-corrected chi connectivity index (χ1v) is 6.62. The van der Waals surface area contributed by atoms with Gasteiger partial charge in [0, 0.05) is 13.0 Å². The number of carbonyl (C=O) groups is 2. The van der Waals surface area contributed by atoms with Crippen LogP contribution in [0.4, 0.5) is 4.79 Å². The zero-order valence-electron chi connectivity index (χ0n) is 11.9. The van der Waals surface area contributed by atoms with Crippen molar-refractivity contribution in [3.05, 3.63) is 30.3 Å². The number of hydrogen-bond acceptors (Lipinski definition) is 3. The Balaban J connectivity index is 2.26. The van der Waals surface area contributed by atoms with Gasteiger partial charge in [0.25, 0.3) is 0 Å². The number of benzene rings is 1. The van der Waals surface area contributed by atoms with Gasteiger partial charge < -0.3 is 15.2 Å². The van der Waals surface area contributed by atoms with Crippen LogP contribution in [-0.4, -0.2) is 23.7 Å². The Bertz CT molecular complexity index is 442. The molecule has 0 aliphatic carbocycles. The van der Waals surface area contributed by atoms with Gasteiger partial charge in [-0.05, 0) is 30.4 Å². The number of rotatable bonds is 7. The van der Waals surface area contributed by atoms with E-state index in [0.29, 0.717) is 25.1 Å². The Morgan fingerprint density at radius 2 is 1.85 bits per heavy atom. The molecule has 0 saturated heterocycles. The lowest BCUT2D eigenvalue weighted by molar-refractivity contribution is -0.137. The summed E-state index contributed by atoms with van der Waals surface area (Å²) >= 11 is 0. The molecule has 0 aliphatic rings. The van der Waals surface area contributed by atoms with Crippen molar-refractivity contribution in [1.29, 1.82) is 0 Å². The SMILES string of the molecule is CC(C)(CCNC(=O)Oc1ccccc1)CCC(=O)O. The number of nitrogens with one attached hydrogen (secondary N) is 1. The summed E-state index contributed by atoms with van der Waals surface area (Å²) in [4.78, 5) is 22.1. The van der Waals surface area contributed by atoms with E-state index in [2.05, 4.69) is 5.32 Å². The van der Waals surface area contributed by atoms with Gasteiger partial charge in [-0.2, -0.15) is 0 Å². The zero-order valence-corrected chi connectivity index (χ0v) is 11.9. The molecule has 0 aromatic heterocycles. The summed E-state index contributed by atoms with van der Waals surface area (Å²) in [6.07, 6.45) is 0.925. The number of ether oxygens (including phenoxy) is 1. The predicted molar refractivity (Wildman–Crippen MR) is 75.7 cm³/mol. The van der Waals surface area contributed by atoms with Crippen molar-refractivity contribution in [2.75, 3.05) is 6.54 Å². The smallest absolute Gasteiger partial charge is 0.412 e. The van der Waals surface area contributed by atoms with Crippen molar-refractivity contribution in [3.63, 3.8) is 0 Å². The molecule has 0 heterocycles. The van der Waals surface area contributed by atoms with Crippen LogP contribution in [0.2, 0.25) is 0 Å². The summed E-state index contributed by atoms with van der Waals surface area (Å²) in [6.45, 7) is 4.43. The number of amides is 1. The number of aliphatic carboxylic acids is 1. The molecule has 0 aliphatic heterocycles. The maximum atomic E-state index is 11.5. The van der Waals surface area contributed by atoms with Crippen molar-refractivity contribution < 1.29 is 19.4 Å². The zero-order chi connectivity index (χ0) is 15.0. The van der Waals surface area contributed by atoms with Crippen LogP contribution in [0.5, 0.6) is 5.75 Å². The molecule has 0 saturated carbocycles. The lowest BCUT2D eigenvalue weighted by Crippen LogP contribution is -2.30. The van der Waals surface area contributed by atoms with Crippen LogP contribution in [0.1, 0.15) is 33.1 Å². The van der Waals surface area contributed by atoms with Crippen LogP contribution < -0.4 is 10.1 Å². The highest BCUT2D eigenvalue weighted by Gasteiger charge is 2.19. The third-order valence-electron chi connectivity index (χ3n) is 3.04. The summed E-state index contributed by atoms with van der Waals surface area (Å²) < 4.78 is 5.08. The van der Waals surface area contributed by atoms with E-state index in [4.69, 9.17) is 9.84 Å². The first kappa shape index (κ1) is 16.0. The molecule has 110 valence electrons. The van der Waals surface area contributed by atoms with E-state index in [0.717, 1.165) is 0 Å². The molecule has 0 bridgehead atoms. The van der Waals surface area contributed by atoms with Gasteiger partial charge in [-0.1, -0.05) is 32.0 Å². The number of carboxylic acids is 1. The van der Waals surface area contributed by atoms with Crippen molar-refractivity contribution >= 4 is 12.1 Å². The minimum absolute atomic E-state index is 0.127. The Morgan fingerprint density at radius 3 is 2.45 bits per heavy atom. The number of carbonyl (C=O) groups excluding carboxylic acids is 1. The molecule has 1 rings (SSSR count). The second-order valence-electron chi connectivity index (χ2n) is 5.44. The third-order valence-corrected chi connectivity index (χ3v) is 3.04. The van der Waals surface area contributed by atoms with Gasteiger partial charge in [0.15, 0.2) is 0 Å². The molecule has 0 radical (unpaired) electrons. The van der Waals surface area contributed by atoms with Gasteiger partial charge in [0.05, 0.1) is 0 Å². The van der Waals surface area contributed by atoms with Crippen LogP contribution in [0.25, 0.3) is 0 Å². The first-order valence-electron chi connectivity index (χ1n) is 6.62. The molecule has 5 heteroatoms. The quantitative estimate of drug-likeness (QED) is 0.804. The maximum Gasteiger partial charge on any atom is 0.412 e. The lowest BCUT2D eigenvalue weighted by Gasteiger charge is -2.23. The van der Waals surface area contributed by atoms with Crippen LogP contribution in [-0.2, 0) is 4.79 Å². The monoisotopic (exact) mass is 279 g/mol. The highest BCUT2D eigenvalue weighted by Crippen LogP contribution is 2.26. The summed E-state index contributed by atoms with van der Waals surface area (Å²) in [5.74, 6) is -0.301. The minimum Gasteiger partial charge on any atom is -0.481 e. The summed E-state index contributed by atoms with van der Waals surface area (Å²) in [5, 5.41) is 11.3. The minimum atomic E-state index is -0.797. The van der Waals surface area contributed by atoms with E-state index in [1.807, 2.05) is 19.9 Å². The molecule has 1 aromatic carbocycles. The molecule has 0 atom stereocenters. The Morgan fingerprint density at radius 1 is 1.20 bits per heavy atom. The largest absolute Gasteiger partial charge is 0.481 e. The molecule has 20 heavy (non-hydrogen) atoms. The van der Waals surface area contributed by atoms with E-state index in [1.54, 1.807) is 24.3 Å². The fourth-order valence-electron chi connectivity index (χ4n) is 1.70. The van der Waals surface area contributed by atoms with Gasteiger partial charge in [0.1, 0.15) is 5.75 Å². The Hall–Kier alpha value is -2.04. The molecule has 2 N–H and O–H groups in total. The van der Waals surface area contributed by atoms with E-state index in [9.17, 15) is 9.59 Å². The number of hydrogen-bond donors (Lipinski definition) is 2. The highest BCUT2D eigenvalue weighted by molar-refractivity contribution is 5.70. The van der Waals surface area contributed by atoms with Crippen molar-refractivity contribution in [3.8, 4) is 5.75 Å². The van der Waals surface area contributed by atoms with Gasteiger partial charge in [0.2, 0.25) is 0 Å². The van der Waals surface area contributed by atoms with Crippen molar-refractivity contribution in [2.45, 2.75) is 33.1 Å². The van der Waals surface area contributed by atoms with E-state index in [-0.39, 0.29) is 11.8 Å². The summed E-state index contributed by atoms with van der Waals surface area (Å²) in [7, 11) is 0. The van der Waals surface area contributed by atoms with Crippen LogP contribution in [0.3, 0.4) is 0 Å². The normalized spacial score (nSPS) is 10.9. The third kappa shape index (κ3) is 6.78.